The highest BCUT2D eigenvalue weighted by atomic mass is 32.1. The van der Waals surface area contributed by atoms with E-state index in [0.29, 0.717) is 17.0 Å². The summed E-state index contributed by atoms with van der Waals surface area (Å²) < 4.78 is 0.895. The van der Waals surface area contributed by atoms with E-state index >= 15 is 0 Å². The van der Waals surface area contributed by atoms with Gasteiger partial charge in [0, 0.05) is 36.2 Å². The molecule has 0 saturated carbocycles. The van der Waals surface area contributed by atoms with Gasteiger partial charge in [0.2, 0.25) is 0 Å². The number of fused-ring (bicyclic) bond motifs is 2. The van der Waals surface area contributed by atoms with E-state index in [4.69, 9.17) is 5.73 Å². The highest BCUT2D eigenvalue weighted by Crippen LogP contribution is 2.34. The van der Waals surface area contributed by atoms with Gasteiger partial charge in [-0.3, -0.25) is 9.78 Å². The van der Waals surface area contributed by atoms with Crippen LogP contribution in [0.15, 0.2) is 48.4 Å². The monoisotopic (exact) mass is 418 g/mol. The molecule has 4 heterocycles. The van der Waals surface area contributed by atoms with Crippen molar-refractivity contribution in [1.29, 1.82) is 0 Å². The van der Waals surface area contributed by atoms with Crippen molar-refractivity contribution in [2.45, 2.75) is 12.8 Å². The molecule has 1 amide bonds. The van der Waals surface area contributed by atoms with Crippen molar-refractivity contribution in [3.8, 4) is 0 Å². The summed E-state index contributed by atoms with van der Waals surface area (Å²) in [6.45, 7) is 2.57. The molecular formula is C22H22N6OS. The van der Waals surface area contributed by atoms with Crippen LogP contribution in [-0.2, 0) is 0 Å². The summed E-state index contributed by atoms with van der Waals surface area (Å²) in [5.74, 6) is 0.395. The molecule has 0 aliphatic carbocycles. The zero-order valence-corrected chi connectivity index (χ0v) is 17.2. The highest BCUT2D eigenvalue weighted by Gasteiger charge is 2.22. The molecule has 3 N–H and O–H groups in total. The average Bonchev–Trinajstić information content (AvgIpc) is 3.23. The fourth-order valence-corrected chi connectivity index (χ4v) is 4.87. The van der Waals surface area contributed by atoms with Gasteiger partial charge < -0.3 is 16.0 Å². The number of carbonyl (C=O) groups is 1. The summed E-state index contributed by atoms with van der Waals surface area (Å²) in [5.41, 5.74) is 9.75. The zero-order chi connectivity index (χ0) is 20.5. The Bertz CT molecular complexity index is 1210. The third kappa shape index (κ3) is 3.48. The fraction of sp³-hybridized carbons (Fsp3) is 0.273. The SMILES string of the molecule is NCC1CCN(c2cc3cccnc3cc2NC(=O)c2csc3cncnc23)CC1. The normalized spacial score (nSPS) is 15.0. The number of pyridine rings is 1. The van der Waals surface area contributed by atoms with Crippen molar-refractivity contribution in [1.82, 2.24) is 15.0 Å². The Morgan fingerprint density at radius 3 is 2.97 bits per heavy atom. The second-order valence-electron chi connectivity index (χ2n) is 7.57. The van der Waals surface area contributed by atoms with E-state index in [2.05, 4.69) is 31.2 Å². The number of carbonyl (C=O) groups excluding carboxylic acids is 1. The molecule has 8 heteroatoms. The van der Waals surface area contributed by atoms with Crippen LogP contribution in [0, 0.1) is 5.92 Å². The van der Waals surface area contributed by atoms with Crippen molar-refractivity contribution < 1.29 is 4.79 Å². The lowest BCUT2D eigenvalue weighted by molar-refractivity contribution is 0.102. The van der Waals surface area contributed by atoms with Crippen molar-refractivity contribution in [3.05, 3.63) is 53.9 Å². The van der Waals surface area contributed by atoms with Gasteiger partial charge in [-0.15, -0.1) is 11.3 Å². The molecule has 1 aromatic carbocycles. The molecule has 7 nitrogen and oxygen atoms in total. The van der Waals surface area contributed by atoms with Crippen LogP contribution in [-0.4, -0.2) is 40.5 Å². The third-order valence-corrected chi connectivity index (χ3v) is 6.65. The Morgan fingerprint density at radius 1 is 1.27 bits per heavy atom. The summed E-state index contributed by atoms with van der Waals surface area (Å²) in [6, 6.07) is 8.06. The van der Waals surface area contributed by atoms with Crippen LogP contribution in [0.5, 0.6) is 0 Å². The summed E-state index contributed by atoms with van der Waals surface area (Å²) in [5, 5.41) is 6.01. The Hall–Kier alpha value is -3.10. The van der Waals surface area contributed by atoms with Crippen LogP contribution in [0.2, 0.25) is 0 Å². The number of nitrogens with zero attached hydrogens (tertiary/aromatic N) is 4. The van der Waals surface area contributed by atoms with Gasteiger partial charge in [-0.25, -0.2) is 9.97 Å². The molecule has 30 heavy (non-hydrogen) atoms. The number of nitrogens with two attached hydrogens (primary N) is 1. The first kappa shape index (κ1) is 18.9. The lowest BCUT2D eigenvalue weighted by Gasteiger charge is -2.34. The smallest absolute Gasteiger partial charge is 0.258 e. The molecule has 1 fully saturated rings. The van der Waals surface area contributed by atoms with Crippen molar-refractivity contribution >= 4 is 49.7 Å². The lowest BCUT2D eigenvalue weighted by atomic mass is 9.96. The number of nitrogens with one attached hydrogen (secondary N) is 1. The molecule has 4 aromatic rings. The summed E-state index contributed by atoms with van der Waals surface area (Å²) in [4.78, 5) is 28.3. The summed E-state index contributed by atoms with van der Waals surface area (Å²) >= 11 is 1.47. The van der Waals surface area contributed by atoms with Crippen LogP contribution < -0.4 is 16.0 Å². The Morgan fingerprint density at radius 2 is 2.13 bits per heavy atom. The van der Waals surface area contributed by atoms with Gasteiger partial charge in [0.1, 0.15) is 6.33 Å². The molecule has 3 aromatic heterocycles. The molecule has 0 spiro atoms. The number of thiophene rings is 1. The second-order valence-corrected chi connectivity index (χ2v) is 8.48. The van der Waals surface area contributed by atoms with E-state index in [9.17, 15) is 4.79 Å². The molecular weight excluding hydrogens is 396 g/mol. The molecule has 1 aliphatic rings. The number of rotatable bonds is 4. The number of hydrogen-bond donors (Lipinski definition) is 2. The predicted octanol–water partition coefficient (Wildman–Crippen LogP) is 3.67. The van der Waals surface area contributed by atoms with E-state index in [1.54, 1.807) is 12.4 Å². The molecule has 0 bridgehead atoms. The van der Waals surface area contributed by atoms with E-state index in [-0.39, 0.29) is 5.91 Å². The largest absolute Gasteiger partial charge is 0.370 e. The first-order valence-electron chi connectivity index (χ1n) is 10.1. The maximum absolute atomic E-state index is 13.1. The van der Waals surface area contributed by atoms with Crippen LogP contribution in [0.1, 0.15) is 23.2 Å². The van der Waals surface area contributed by atoms with E-state index in [1.807, 2.05) is 23.6 Å². The van der Waals surface area contributed by atoms with Gasteiger partial charge in [-0.1, -0.05) is 6.07 Å². The van der Waals surface area contributed by atoms with Gasteiger partial charge in [0.15, 0.2) is 0 Å². The highest BCUT2D eigenvalue weighted by molar-refractivity contribution is 7.17. The minimum absolute atomic E-state index is 0.173. The second kappa shape index (κ2) is 7.97. The van der Waals surface area contributed by atoms with Crippen LogP contribution in [0.3, 0.4) is 0 Å². The van der Waals surface area contributed by atoms with Gasteiger partial charge in [0.05, 0.1) is 32.7 Å². The first-order chi connectivity index (χ1) is 14.7. The summed E-state index contributed by atoms with van der Waals surface area (Å²) in [7, 11) is 0. The molecule has 152 valence electrons. The molecule has 0 unspecified atom stereocenters. The molecule has 0 atom stereocenters. The standard InChI is InChI=1S/C22H22N6OS/c23-10-14-3-6-28(7-4-14)19-8-15-2-1-5-25-17(15)9-18(19)27-22(29)16-12-30-20-11-24-13-26-21(16)20/h1-2,5,8-9,11-14H,3-4,6-7,10,23H2,(H,27,29). The lowest BCUT2D eigenvalue weighted by Crippen LogP contribution is -2.36. The molecule has 1 saturated heterocycles. The quantitative estimate of drug-likeness (QED) is 0.525. The number of amides is 1. The number of hydrogen-bond acceptors (Lipinski definition) is 7. The van der Waals surface area contributed by atoms with Crippen LogP contribution in [0.4, 0.5) is 11.4 Å². The van der Waals surface area contributed by atoms with E-state index in [1.165, 1.54) is 17.7 Å². The van der Waals surface area contributed by atoms with E-state index in [0.717, 1.165) is 59.5 Å². The summed E-state index contributed by atoms with van der Waals surface area (Å²) in [6.07, 6.45) is 7.08. The topological polar surface area (TPSA) is 97.0 Å². The maximum Gasteiger partial charge on any atom is 0.258 e. The van der Waals surface area contributed by atoms with Gasteiger partial charge >= 0.3 is 0 Å². The van der Waals surface area contributed by atoms with Gasteiger partial charge in [0.25, 0.3) is 5.91 Å². The predicted molar refractivity (Wildman–Crippen MR) is 121 cm³/mol. The number of anilines is 2. The number of benzene rings is 1. The number of piperidine rings is 1. The van der Waals surface area contributed by atoms with Crippen LogP contribution in [0.25, 0.3) is 21.1 Å². The minimum atomic E-state index is -0.173. The molecule has 0 radical (unpaired) electrons. The van der Waals surface area contributed by atoms with Crippen molar-refractivity contribution in [2.75, 3.05) is 29.9 Å². The zero-order valence-electron chi connectivity index (χ0n) is 16.4. The fourth-order valence-electron chi connectivity index (χ4n) is 4.01. The Balaban J connectivity index is 1.51. The van der Waals surface area contributed by atoms with Gasteiger partial charge in [-0.05, 0) is 43.5 Å². The number of aromatic nitrogens is 3. The van der Waals surface area contributed by atoms with Crippen molar-refractivity contribution in [2.24, 2.45) is 11.7 Å². The molecule has 5 rings (SSSR count). The van der Waals surface area contributed by atoms with Crippen LogP contribution >= 0.6 is 11.3 Å². The average molecular weight is 419 g/mol. The van der Waals surface area contributed by atoms with Gasteiger partial charge in [-0.2, -0.15) is 0 Å². The van der Waals surface area contributed by atoms with Crippen molar-refractivity contribution in [3.63, 3.8) is 0 Å². The third-order valence-electron chi connectivity index (χ3n) is 5.74. The Labute approximate surface area is 178 Å². The first-order valence-corrected chi connectivity index (χ1v) is 10.9. The van der Waals surface area contributed by atoms with E-state index < -0.39 is 0 Å². The minimum Gasteiger partial charge on any atom is -0.370 e. The molecule has 1 aliphatic heterocycles. The maximum atomic E-state index is 13.1. The Kier molecular flexibility index (Phi) is 5.02.